The van der Waals surface area contributed by atoms with E-state index in [9.17, 15) is 0 Å². The Balaban J connectivity index is -0.000000500. The Kier molecular flexibility index (Phi) is 15.0. The van der Waals surface area contributed by atoms with Crippen LogP contribution >= 0.6 is 0 Å². The van der Waals surface area contributed by atoms with Crippen molar-refractivity contribution in [2.45, 2.75) is 40.5 Å². The van der Waals surface area contributed by atoms with Crippen LogP contribution in [0.4, 0.5) is 0 Å². The third kappa shape index (κ3) is 6.30. The average Bonchev–Trinajstić information content (AvgIpc) is 2.08. The van der Waals surface area contributed by atoms with Gasteiger partial charge in [-0.05, 0) is 27.2 Å². The van der Waals surface area contributed by atoms with Gasteiger partial charge in [0, 0.05) is 0 Å². The fraction of sp³-hybridized carbons (Fsp3) is 1.00. The molecule has 84 valence electrons. The lowest BCUT2D eigenvalue weighted by molar-refractivity contribution is -0.923. The van der Waals surface area contributed by atoms with E-state index in [0.717, 1.165) is 0 Å². The van der Waals surface area contributed by atoms with Gasteiger partial charge in [-0.3, -0.25) is 0 Å². The summed E-state index contributed by atoms with van der Waals surface area (Å²) >= 11 is 0. The Morgan fingerprint density at radius 3 is 1.46 bits per heavy atom. The largest absolute Gasteiger partial charge is 1.00 e. The molecule has 0 unspecified atom stereocenters. The quantitative estimate of drug-likeness (QED) is 0.497. The zero-order valence-electron chi connectivity index (χ0n) is 9.57. The van der Waals surface area contributed by atoms with Gasteiger partial charge < -0.3 is 22.4 Å². The first-order valence-corrected chi connectivity index (χ1v) is 5.09. The van der Waals surface area contributed by atoms with Gasteiger partial charge in [0.25, 0.3) is 0 Å². The van der Waals surface area contributed by atoms with Gasteiger partial charge in [-0.25, -0.2) is 0 Å². The van der Waals surface area contributed by atoms with E-state index in [1.54, 1.807) is 0 Å². The van der Waals surface area contributed by atoms with Crippen molar-refractivity contribution < 1.29 is 22.4 Å². The molecule has 0 saturated carbocycles. The summed E-state index contributed by atoms with van der Waals surface area (Å²) in [5.41, 5.74) is 0. The van der Waals surface area contributed by atoms with Crippen molar-refractivity contribution in [3.63, 3.8) is 0 Å². The van der Waals surface area contributed by atoms with Crippen LogP contribution in [0.2, 0.25) is 0 Å². The van der Waals surface area contributed by atoms with Crippen molar-refractivity contribution in [3.8, 4) is 0 Å². The second-order valence-electron chi connectivity index (χ2n) is 3.37. The van der Waals surface area contributed by atoms with Crippen LogP contribution in [0, 0.1) is 0 Å². The Labute approximate surface area is 89.6 Å². The van der Waals surface area contributed by atoms with Gasteiger partial charge in [-0.1, -0.05) is 13.3 Å². The summed E-state index contributed by atoms with van der Waals surface area (Å²) in [6.07, 6.45) is 2.72. The van der Waals surface area contributed by atoms with E-state index >= 15 is 0 Å². The SMILES string of the molecule is CCCC[N+](CC)(CC)CC.O.[Cl-]. The van der Waals surface area contributed by atoms with Gasteiger partial charge in [-0.2, -0.15) is 0 Å². The molecule has 0 aliphatic rings. The third-order valence-corrected chi connectivity index (χ3v) is 3.00. The van der Waals surface area contributed by atoms with Crippen molar-refractivity contribution >= 4 is 0 Å². The number of nitrogens with zero attached hydrogens (tertiary/aromatic N) is 1. The Morgan fingerprint density at radius 2 is 1.23 bits per heavy atom. The van der Waals surface area contributed by atoms with Crippen LogP contribution in [0.25, 0.3) is 0 Å². The molecule has 0 saturated heterocycles. The third-order valence-electron chi connectivity index (χ3n) is 3.00. The summed E-state index contributed by atoms with van der Waals surface area (Å²) < 4.78 is 1.31. The Bertz CT molecular complexity index is 86.7. The van der Waals surface area contributed by atoms with E-state index in [1.807, 2.05) is 0 Å². The smallest absolute Gasteiger partial charge is 0.0786 e. The molecule has 2 N–H and O–H groups in total. The lowest BCUT2D eigenvalue weighted by Crippen LogP contribution is -3.00. The van der Waals surface area contributed by atoms with Gasteiger partial charge in [0.2, 0.25) is 0 Å². The molecular formula is C10H26ClNO. The zero-order valence-corrected chi connectivity index (χ0v) is 10.3. The van der Waals surface area contributed by atoms with Crippen molar-refractivity contribution in [3.05, 3.63) is 0 Å². The second-order valence-corrected chi connectivity index (χ2v) is 3.37. The Morgan fingerprint density at radius 1 is 0.846 bits per heavy atom. The first-order chi connectivity index (χ1) is 5.24. The predicted molar refractivity (Wildman–Crippen MR) is 55.3 cm³/mol. The van der Waals surface area contributed by atoms with E-state index in [0.29, 0.717) is 0 Å². The van der Waals surface area contributed by atoms with Crippen molar-refractivity contribution in [1.29, 1.82) is 0 Å². The maximum atomic E-state index is 2.31. The number of rotatable bonds is 6. The van der Waals surface area contributed by atoms with Crippen LogP contribution in [0.1, 0.15) is 40.5 Å². The number of halogens is 1. The predicted octanol–water partition coefficient (Wildman–Crippen LogP) is -1.16. The highest BCUT2D eigenvalue weighted by Gasteiger charge is 2.18. The van der Waals surface area contributed by atoms with Gasteiger partial charge in [-0.15, -0.1) is 0 Å². The Hall–Kier alpha value is 0.210. The molecule has 0 amide bonds. The fourth-order valence-electron chi connectivity index (χ4n) is 1.64. The summed E-state index contributed by atoms with van der Waals surface area (Å²) in [5, 5.41) is 0. The summed E-state index contributed by atoms with van der Waals surface area (Å²) in [7, 11) is 0. The van der Waals surface area contributed by atoms with Gasteiger partial charge in [0.05, 0.1) is 26.2 Å². The molecule has 3 heteroatoms. The molecule has 0 atom stereocenters. The number of unbranched alkanes of at least 4 members (excludes halogenated alkanes) is 1. The lowest BCUT2D eigenvalue weighted by Gasteiger charge is -2.35. The van der Waals surface area contributed by atoms with Crippen LogP contribution in [-0.4, -0.2) is 36.1 Å². The molecule has 0 radical (unpaired) electrons. The van der Waals surface area contributed by atoms with Gasteiger partial charge in [0.15, 0.2) is 0 Å². The van der Waals surface area contributed by atoms with Gasteiger partial charge >= 0.3 is 0 Å². The molecule has 0 aliphatic heterocycles. The average molecular weight is 212 g/mol. The number of hydrogen-bond donors (Lipinski definition) is 0. The zero-order chi connectivity index (χ0) is 8.74. The second kappa shape index (κ2) is 10.3. The van der Waals surface area contributed by atoms with Crippen LogP contribution < -0.4 is 12.4 Å². The topological polar surface area (TPSA) is 31.5 Å². The van der Waals surface area contributed by atoms with Crippen LogP contribution in [0.15, 0.2) is 0 Å². The molecule has 2 nitrogen and oxygen atoms in total. The maximum absolute atomic E-state index is 2.31. The monoisotopic (exact) mass is 211 g/mol. The molecule has 0 bridgehead atoms. The van der Waals surface area contributed by atoms with E-state index in [4.69, 9.17) is 0 Å². The minimum atomic E-state index is 0. The van der Waals surface area contributed by atoms with E-state index in [-0.39, 0.29) is 17.9 Å². The van der Waals surface area contributed by atoms with Crippen LogP contribution in [-0.2, 0) is 0 Å². The normalized spacial score (nSPS) is 10.2. The molecule has 0 fully saturated rings. The highest BCUT2D eigenvalue weighted by Crippen LogP contribution is 2.07. The summed E-state index contributed by atoms with van der Waals surface area (Å²) in [6.45, 7) is 14.5. The number of hydrogen-bond acceptors (Lipinski definition) is 0. The molecule has 0 aliphatic carbocycles. The first-order valence-electron chi connectivity index (χ1n) is 5.09. The summed E-state index contributed by atoms with van der Waals surface area (Å²) in [4.78, 5) is 0. The molecule has 0 spiro atoms. The van der Waals surface area contributed by atoms with Crippen molar-refractivity contribution in [2.75, 3.05) is 26.2 Å². The molecule has 0 rings (SSSR count). The molecule has 0 aromatic heterocycles. The van der Waals surface area contributed by atoms with Crippen LogP contribution in [0.5, 0.6) is 0 Å². The maximum Gasteiger partial charge on any atom is 0.0786 e. The minimum absolute atomic E-state index is 0. The van der Waals surface area contributed by atoms with Crippen LogP contribution in [0.3, 0.4) is 0 Å². The first kappa shape index (κ1) is 18.9. The van der Waals surface area contributed by atoms with E-state index in [1.165, 1.54) is 43.5 Å². The van der Waals surface area contributed by atoms with Crippen molar-refractivity contribution in [1.82, 2.24) is 0 Å². The molecule has 13 heavy (non-hydrogen) atoms. The minimum Gasteiger partial charge on any atom is -1.00 e. The summed E-state index contributed by atoms with van der Waals surface area (Å²) in [6, 6.07) is 0. The lowest BCUT2D eigenvalue weighted by atomic mass is 10.2. The van der Waals surface area contributed by atoms with Gasteiger partial charge in [0.1, 0.15) is 0 Å². The standard InChI is InChI=1S/C10H24N.ClH.H2O/c1-5-9-10-11(6-2,7-3)8-4;;/h5-10H2,1-4H3;1H;1H2/q+1;;/p-1. The molecular weight excluding hydrogens is 186 g/mol. The fourth-order valence-corrected chi connectivity index (χ4v) is 1.64. The highest BCUT2D eigenvalue weighted by molar-refractivity contribution is 4.38. The van der Waals surface area contributed by atoms with E-state index < -0.39 is 0 Å². The highest BCUT2D eigenvalue weighted by atomic mass is 35.5. The van der Waals surface area contributed by atoms with E-state index in [2.05, 4.69) is 27.7 Å². The van der Waals surface area contributed by atoms with Crippen molar-refractivity contribution in [2.24, 2.45) is 0 Å². The molecule has 0 aromatic carbocycles. The number of quaternary nitrogens is 1. The summed E-state index contributed by atoms with van der Waals surface area (Å²) in [5.74, 6) is 0. The molecule has 0 heterocycles. The molecule has 0 aromatic rings.